The van der Waals surface area contributed by atoms with E-state index in [9.17, 15) is 0 Å². The van der Waals surface area contributed by atoms with Crippen LogP contribution in [0.4, 0.5) is 0 Å². The Morgan fingerprint density at radius 2 is 1.68 bits per heavy atom. The molecule has 116 valence electrons. The van der Waals surface area contributed by atoms with Crippen LogP contribution in [0.15, 0.2) is 54.6 Å². The number of benzene rings is 2. The Labute approximate surface area is 137 Å². The molecular weight excluding hydrogens is 290 g/mol. The number of hydrogen-bond donors (Lipinski definition) is 1. The summed E-state index contributed by atoms with van der Waals surface area (Å²) in [6.07, 6.45) is 2.48. The van der Waals surface area contributed by atoms with E-state index in [1.54, 1.807) is 7.11 Å². The van der Waals surface area contributed by atoms with Gasteiger partial charge in [-0.25, -0.2) is 0 Å². The van der Waals surface area contributed by atoms with Gasteiger partial charge in [0.25, 0.3) is 0 Å². The summed E-state index contributed by atoms with van der Waals surface area (Å²) in [5.41, 5.74) is 2.51. The first-order valence-corrected chi connectivity index (χ1v) is 9.05. The lowest BCUT2D eigenvalue weighted by Gasteiger charge is -2.29. The number of thioether (sulfide) groups is 1. The Balaban J connectivity index is 1.91. The summed E-state index contributed by atoms with van der Waals surface area (Å²) in [5, 5.41) is 3.87. The van der Waals surface area contributed by atoms with Gasteiger partial charge in [-0.15, -0.1) is 0 Å². The average molecular weight is 313 g/mol. The van der Waals surface area contributed by atoms with E-state index in [1.165, 1.54) is 35.5 Å². The van der Waals surface area contributed by atoms with Crippen molar-refractivity contribution in [3.63, 3.8) is 0 Å². The van der Waals surface area contributed by atoms with Crippen LogP contribution in [0.3, 0.4) is 0 Å². The molecule has 1 aliphatic rings. The molecule has 1 atom stereocenters. The first-order valence-electron chi connectivity index (χ1n) is 7.90. The normalized spacial score (nSPS) is 17.1. The van der Waals surface area contributed by atoms with Crippen molar-refractivity contribution in [1.82, 2.24) is 5.32 Å². The van der Waals surface area contributed by atoms with Crippen LogP contribution in [0.1, 0.15) is 30.0 Å². The van der Waals surface area contributed by atoms with Crippen molar-refractivity contribution in [2.75, 3.05) is 18.6 Å². The predicted molar refractivity (Wildman–Crippen MR) is 94.8 cm³/mol. The maximum Gasteiger partial charge on any atom is 0.123 e. The second-order valence-corrected chi connectivity index (χ2v) is 6.86. The highest BCUT2D eigenvalue weighted by molar-refractivity contribution is 7.99. The molecule has 0 aromatic heterocycles. The fourth-order valence-corrected chi connectivity index (χ4v) is 4.12. The third-order valence-electron chi connectivity index (χ3n) is 4.21. The van der Waals surface area contributed by atoms with Crippen LogP contribution in [0.25, 0.3) is 0 Å². The van der Waals surface area contributed by atoms with Crippen LogP contribution < -0.4 is 10.1 Å². The van der Waals surface area contributed by atoms with Gasteiger partial charge in [0, 0.05) is 11.6 Å². The molecule has 1 saturated heterocycles. The molecule has 2 aromatic carbocycles. The van der Waals surface area contributed by atoms with Crippen LogP contribution in [0.2, 0.25) is 0 Å². The van der Waals surface area contributed by atoms with Crippen LogP contribution >= 0.6 is 11.8 Å². The maximum atomic E-state index is 5.59. The molecule has 0 saturated carbocycles. The second-order valence-electron chi connectivity index (χ2n) is 5.64. The molecule has 0 spiro atoms. The number of methoxy groups -OCH3 is 1. The van der Waals surface area contributed by atoms with Crippen LogP contribution in [0.5, 0.6) is 5.75 Å². The van der Waals surface area contributed by atoms with Gasteiger partial charge in [0.05, 0.1) is 13.2 Å². The molecule has 0 aliphatic carbocycles. The lowest BCUT2D eigenvalue weighted by atomic mass is 9.96. The van der Waals surface area contributed by atoms with Crippen molar-refractivity contribution in [2.45, 2.75) is 24.9 Å². The molecule has 0 bridgehead atoms. The number of rotatable bonds is 5. The molecule has 2 aromatic rings. The molecule has 1 N–H and O–H groups in total. The molecule has 0 amide bonds. The molecule has 1 fully saturated rings. The first kappa shape index (κ1) is 15.4. The molecule has 1 aliphatic heterocycles. The van der Waals surface area contributed by atoms with E-state index in [1.807, 2.05) is 12.1 Å². The fourth-order valence-electron chi connectivity index (χ4n) is 3.02. The zero-order valence-corrected chi connectivity index (χ0v) is 13.8. The van der Waals surface area contributed by atoms with Gasteiger partial charge in [-0.2, -0.15) is 11.8 Å². The van der Waals surface area contributed by atoms with Crippen molar-refractivity contribution < 1.29 is 4.74 Å². The minimum atomic E-state index is 0.186. The van der Waals surface area contributed by atoms with E-state index in [4.69, 9.17) is 4.74 Å². The largest absolute Gasteiger partial charge is 0.496 e. The molecular formula is C19H23NOS. The van der Waals surface area contributed by atoms with Crippen molar-refractivity contribution in [3.05, 3.63) is 65.7 Å². The standard InChI is InChI=1S/C19H23NOS/c1-21-18-10-6-5-9-17(18)19(15-7-3-2-4-8-15)20-16-11-13-22-14-12-16/h2-10,16,19-20H,11-14H2,1H3/t19-/m1/s1. The molecule has 1 heterocycles. The minimum absolute atomic E-state index is 0.186. The molecule has 3 rings (SSSR count). The van der Waals surface area contributed by atoms with E-state index in [0.29, 0.717) is 6.04 Å². The predicted octanol–water partition coefficient (Wildman–Crippen LogP) is 4.27. The van der Waals surface area contributed by atoms with Crippen molar-refractivity contribution in [3.8, 4) is 5.75 Å². The van der Waals surface area contributed by atoms with Gasteiger partial charge in [-0.05, 0) is 36.0 Å². The summed E-state index contributed by atoms with van der Waals surface area (Å²) in [5.74, 6) is 3.46. The molecule has 0 radical (unpaired) electrons. The SMILES string of the molecule is COc1ccccc1[C@H](NC1CCSCC1)c1ccccc1. The Bertz CT molecular complexity index is 581. The van der Waals surface area contributed by atoms with Gasteiger partial charge in [0.1, 0.15) is 5.75 Å². The van der Waals surface area contributed by atoms with Gasteiger partial charge in [0.2, 0.25) is 0 Å². The van der Waals surface area contributed by atoms with Crippen LogP contribution in [-0.4, -0.2) is 24.7 Å². The van der Waals surface area contributed by atoms with Gasteiger partial charge in [-0.1, -0.05) is 48.5 Å². The van der Waals surface area contributed by atoms with Gasteiger partial charge >= 0.3 is 0 Å². The maximum absolute atomic E-state index is 5.59. The second kappa shape index (κ2) is 7.70. The average Bonchev–Trinajstić information content (AvgIpc) is 2.61. The summed E-state index contributed by atoms with van der Waals surface area (Å²) in [4.78, 5) is 0. The number of hydrogen-bond acceptors (Lipinski definition) is 3. The highest BCUT2D eigenvalue weighted by atomic mass is 32.2. The zero-order chi connectivity index (χ0) is 15.2. The van der Waals surface area contributed by atoms with Gasteiger partial charge in [-0.3, -0.25) is 0 Å². The summed E-state index contributed by atoms with van der Waals surface area (Å²) in [7, 11) is 1.75. The van der Waals surface area contributed by atoms with E-state index in [-0.39, 0.29) is 6.04 Å². The van der Waals surface area contributed by atoms with Crippen LogP contribution in [-0.2, 0) is 0 Å². The highest BCUT2D eigenvalue weighted by Crippen LogP contribution is 2.31. The molecule has 0 unspecified atom stereocenters. The van der Waals surface area contributed by atoms with Gasteiger partial charge < -0.3 is 10.1 Å². The van der Waals surface area contributed by atoms with E-state index in [0.717, 1.165) is 5.75 Å². The lowest BCUT2D eigenvalue weighted by Crippen LogP contribution is -2.36. The van der Waals surface area contributed by atoms with Crippen LogP contribution in [0, 0.1) is 0 Å². The number of nitrogens with one attached hydrogen (secondary N) is 1. The number of ether oxygens (including phenoxy) is 1. The summed E-state index contributed by atoms with van der Waals surface area (Å²) in [6, 6.07) is 19.8. The molecule has 22 heavy (non-hydrogen) atoms. The Hall–Kier alpha value is -1.45. The topological polar surface area (TPSA) is 21.3 Å². The van der Waals surface area contributed by atoms with E-state index in [2.05, 4.69) is 59.5 Å². The van der Waals surface area contributed by atoms with Crippen molar-refractivity contribution in [2.24, 2.45) is 0 Å². The number of para-hydroxylation sites is 1. The Morgan fingerprint density at radius 1 is 1.00 bits per heavy atom. The summed E-state index contributed by atoms with van der Waals surface area (Å²) in [6.45, 7) is 0. The summed E-state index contributed by atoms with van der Waals surface area (Å²) < 4.78 is 5.59. The zero-order valence-electron chi connectivity index (χ0n) is 13.0. The first-order chi connectivity index (χ1) is 10.9. The summed E-state index contributed by atoms with van der Waals surface area (Å²) >= 11 is 2.06. The van der Waals surface area contributed by atoms with Gasteiger partial charge in [0.15, 0.2) is 0 Å². The Kier molecular flexibility index (Phi) is 5.41. The highest BCUT2D eigenvalue weighted by Gasteiger charge is 2.22. The van der Waals surface area contributed by atoms with E-state index >= 15 is 0 Å². The smallest absolute Gasteiger partial charge is 0.123 e. The third-order valence-corrected chi connectivity index (χ3v) is 5.26. The van der Waals surface area contributed by atoms with Crippen molar-refractivity contribution in [1.29, 1.82) is 0 Å². The van der Waals surface area contributed by atoms with Crippen molar-refractivity contribution >= 4 is 11.8 Å². The van der Waals surface area contributed by atoms with E-state index < -0.39 is 0 Å². The monoisotopic (exact) mass is 313 g/mol. The molecule has 3 heteroatoms. The quantitative estimate of drug-likeness (QED) is 0.890. The minimum Gasteiger partial charge on any atom is -0.496 e. The fraction of sp³-hybridized carbons (Fsp3) is 0.368. The lowest BCUT2D eigenvalue weighted by molar-refractivity contribution is 0.393. The Morgan fingerprint density at radius 3 is 2.41 bits per heavy atom. The molecule has 2 nitrogen and oxygen atoms in total. The third kappa shape index (κ3) is 3.65.